The Bertz CT molecular complexity index is 155. The average Bonchev–Trinajstić information content (AvgIpc) is 2.24. The van der Waals surface area contributed by atoms with Crippen LogP contribution in [-0.4, -0.2) is 25.8 Å². The molecular weight excluding hydrogens is 198 g/mol. The van der Waals surface area contributed by atoms with E-state index in [1.54, 1.807) is 0 Å². The minimum absolute atomic E-state index is 0.534. The molecule has 1 N–H and O–H groups in total. The molecule has 1 fully saturated rings. The van der Waals surface area contributed by atoms with Gasteiger partial charge in [-0.05, 0) is 25.8 Å². The largest absolute Gasteiger partial charge is 0.381 e. The van der Waals surface area contributed by atoms with Gasteiger partial charge in [-0.15, -0.1) is 0 Å². The third-order valence-corrected chi connectivity index (χ3v) is 3.64. The summed E-state index contributed by atoms with van der Waals surface area (Å²) in [6.07, 6.45) is 12.8. The molecule has 2 nitrogen and oxygen atoms in total. The summed E-state index contributed by atoms with van der Waals surface area (Å²) in [5.41, 5.74) is 0. The van der Waals surface area contributed by atoms with Crippen molar-refractivity contribution in [3.8, 4) is 0 Å². The molecule has 0 bridgehead atoms. The van der Waals surface area contributed by atoms with E-state index in [0.29, 0.717) is 6.10 Å². The van der Waals surface area contributed by atoms with Gasteiger partial charge >= 0.3 is 0 Å². The van der Waals surface area contributed by atoms with Gasteiger partial charge in [0.1, 0.15) is 0 Å². The number of hydrogen-bond donors (Lipinski definition) is 1. The predicted octanol–water partition coefficient (Wildman–Crippen LogP) is 3.50. The zero-order valence-corrected chi connectivity index (χ0v) is 11.1. The van der Waals surface area contributed by atoms with Crippen molar-refractivity contribution in [2.24, 2.45) is 0 Å². The molecule has 0 aliphatic heterocycles. The lowest BCUT2D eigenvalue weighted by Crippen LogP contribution is -2.45. The number of hydrogen-bond acceptors (Lipinski definition) is 2. The summed E-state index contributed by atoms with van der Waals surface area (Å²) < 4.78 is 5.26. The van der Waals surface area contributed by atoms with Crippen LogP contribution in [0.1, 0.15) is 64.7 Å². The summed E-state index contributed by atoms with van der Waals surface area (Å²) in [6.45, 7) is 3.48. The molecule has 0 aromatic rings. The van der Waals surface area contributed by atoms with Crippen molar-refractivity contribution in [3.05, 3.63) is 0 Å². The number of nitrogens with one attached hydrogen (secondary N) is 1. The molecule has 16 heavy (non-hydrogen) atoms. The van der Waals surface area contributed by atoms with Crippen LogP contribution in [0.15, 0.2) is 0 Å². The van der Waals surface area contributed by atoms with E-state index in [2.05, 4.69) is 12.2 Å². The maximum Gasteiger partial charge on any atom is 0.0601 e. The van der Waals surface area contributed by atoms with E-state index in [4.69, 9.17) is 4.74 Å². The van der Waals surface area contributed by atoms with Gasteiger partial charge in [-0.2, -0.15) is 0 Å². The molecule has 96 valence electrons. The first-order valence-corrected chi connectivity index (χ1v) is 7.13. The molecule has 1 aliphatic carbocycles. The van der Waals surface area contributed by atoms with Crippen LogP contribution in [0.3, 0.4) is 0 Å². The second-order valence-electron chi connectivity index (χ2n) is 5.10. The normalized spacial score (nSPS) is 24.4. The molecule has 0 spiro atoms. The first-order valence-electron chi connectivity index (χ1n) is 7.13. The molecule has 0 radical (unpaired) electrons. The first kappa shape index (κ1) is 14.0. The highest BCUT2D eigenvalue weighted by molar-refractivity contribution is 4.85. The molecule has 1 rings (SSSR count). The molecule has 0 saturated heterocycles. The van der Waals surface area contributed by atoms with Gasteiger partial charge in [0.05, 0.1) is 6.10 Å². The summed E-state index contributed by atoms with van der Waals surface area (Å²) in [5, 5.41) is 3.61. The van der Waals surface area contributed by atoms with Crippen molar-refractivity contribution in [1.29, 1.82) is 0 Å². The third-order valence-electron chi connectivity index (χ3n) is 3.64. The number of rotatable bonds is 10. The van der Waals surface area contributed by atoms with Crippen molar-refractivity contribution in [3.63, 3.8) is 0 Å². The van der Waals surface area contributed by atoms with Crippen LogP contribution in [0.4, 0.5) is 0 Å². The Labute approximate surface area is 101 Å². The van der Waals surface area contributed by atoms with Gasteiger partial charge < -0.3 is 10.1 Å². The van der Waals surface area contributed by atoms with Crippen LogP contribution in [-0.2, 0) is 4.74 Å². The molecule has 2 heteroatoms. The van der Waals surface area contributed by atoms with Gasteiger partial charge in [0, 0.05) is 13.2 Å². The highest BCUT2D eigenvalue weighted by Crippen LogP contribution is 2.22. The number of methoxy groups -OCH3 is 1. The summed E-state index contributed by atoms with van der Waals surface area (Å²) in [5.74, 6) is 0. The van der Waals surface area contributed by atoms with Crippen LogP contribution in [0.2, 0.25) is 0 Å². The van der Waals surface area contributed by atoms with Crippen LogP contribution >= 0.6 is 0 Å². The Kier molecular flexibility index (Phi) is 7.87. The Balaban J connectivity index is 1.72. The molecule has 0 heterocycles. The molecule has 1 aliphatic rings. The zero-order valence-electron chi connectivity index (χ0n) is 11.1. The van der Waals surface area contributed by atoms with E-state index in [-0.39, 0.29) is 0 Å². The van der Waals surface area contributed by atoms with Gasteiger partial charge in [0.25, 0.3) is 0 Å². The van der Waals surface area contributed by atoms with Crippen LogP contribution < -0.4 is 5.32 Å². The summed E-state index contributed by atoms with van der Waals surface area (Å²) >= 11 is 0. The Hall–Kier alpha value is -0.0800. The summed E-state index contributed by atoms with van der Waals surface area (Å²) in [4.78, 5) is 0. The van der Waals surface area contributed by atoms with E-state index in [9.17, 15) is 0 Å². The van der Waals surface area contributed by atoms with E-state index in [1.807, 2.05) is 7.11 Å². The van der Waals surface area contributed by atoms with Crippen molar-refractivity contribution >= 4 is 0 Å². The maximum absolute atomic E-state index is 5.26. The predicted molar refractivity (Wildman–Crippen MR) is 69.8 cm³/mol. The van der Waals surface area contributed by atoms with E-state index in [1.165, 1.54) is 64.3 Å². The number of unbranched alkanes of at least 4 members (excludes halogenated alkanes) is 6. The standard InChI is InChI=1S/C14H29NO/c1-3-4-5-6-7-8-9-10-15-13-11-14(12-13)16-2/h13-15H,3-12H2,1-2H3. The second-order valence-corrected chi connectivity index (χ2v) is 5.10. The molecule has 0 unspecified atom stereocenters. The minimum atomic E-state index is 0.534. The quantitative estimate of drug-likeness (QED) is 0.577. The Morgan fingerprint density at radius 2 is 1.62 bits per heavy atom. The van der Waals surface area contributed by atoms with Gasteiger partial charge in [-0.25, -0.2) is 0 Å². The van der Waals surface area contributed by atoms with Crippen molar-refractivity contribution < 1.29 is 4.74 Å². The Morgan fingerprint density at radius 3 is 2.25 bits per heavy atom. The molecule has 0 aromatic carbocycles. The third kappa shape index (κ3) is 5.86. The van der Waals surface area contributed by atoms with E-state index < -0.39 is 0 Å². The molecule has 0 aromatic heterocycles. The fraction of sp³-hybridized carbons (Fsp3) is 1.00. The van der Waals surface area contributed by atoms with Crippen LogP contribution in [0, 0.1) is 0 Å². The van der Waals surface area contributed by atoms with Gasteiger partial charge in [0.15, 0.2) is 0 Å². The molecular formula is C14H29NO. The average molecular weight is 227 g/mol. The van der Waals surface area contributed by atoms with Crippen LogP contribution in [0.5, 0.6) is 0 Å². The van der Waals surface area contributed by atoms with Gasteiger partial charge in [-0.3, -0.25) is 0 Å². The van der Waals surface area contributed by atoms with E-state index >= 15 is 0 Å². The number of ether oxygens (including phenoxy) is 1. The second kappa shape index (κ2) is 9.00. The van der Waals surface area contributed by atoms with Crippen molar-refractivity contribution in [2.75, 3.05) is 13.7 Å². The summed E-state index contributed by atoms with van der Waals surface area (Å²) in [6, 6.07) is 0.741. The lowest BCUT2D eigenvalue weighted by Gasteiger charge is -2.34. The SMILES string of the molecule is CCCCCCCCCNC1CC(OC)C1. The first-order chi connectivity index (χ1) is 7.86. The van der Waals surface area contributed by atoms with Crippen LogP contribution in [0.25, 0.3) is 0 Å². The van der Waals surface area contributed by atoms with Crippen molar-refractivity contribution in [2.45, 2.75) is 76.9 Å². The minimum Gasteiger partial charge on any atom is -0.381 e. The fourth-order valence-electron chi connectivity index (χ4n) is 2.31. The zero-order chi connectivity index (χ0) is 11.6. The highest BCUT2D eigenvalue weighted by Gasteiger charge is 2.27. The monoisotopic (exact) mass is 227 g/mol. The Morgan fingerprint density at radius 1 is 1.00 bits per heavy atom. The smallest absolute Gasteiger partial charge is 0.0601 e. The lowest BCUT2D eigenvalue weighted by atomic mass is 9.89. The lowest BCUT2D eigenvalue weighted by molar-refractivity contribution is 0.0175. The fourth-order valence-corrected chi connectivity index (χ4v) is 2.31. The van der Waals surface area contributed by atoms with E-state index in [0.717, 1.165) is 6.04 Å². The topological polar surface area (TPSA) is 21.3 Å². The molecule has 0 atom stereocenters. The van der Waals surface area contributed by atoms with Gasteiger partial charge in [-0.1, -0.05) is 45.4 Å². The van der Waals surface area contributed by atoms with Crippen molar-refractivity contribution in [1.82, 2.24) is 5.32 Å². The van der Waals surface area contributed by atoms with Gasteiger partial charge in [0.2, 0.25) is 0 Å². The molecule has 0 amide bonds. The summed E-state index contributed by atoms with van der Waals surface area (Å²) in [7, 11) is 1.82. The maximum atomic E-state index is 5.26. The highest BCUT2D eigenvalue weighted by atomic mass is 16.5. The molecule has 1 saturated carbocycles.